The number of esters is 1. The lowest BCUT2D eigenvalue weighted by atomic mass is 10.1. The molecule has 0 radical (unpaired) electrons. The molecule has 138 valence electrons. The SMILES string of the molecule is [11CH3]OC(=O)c1cccc(C(=O)Nc2nc3cc4c(cc3[nH]2)OC(F)(F)O4)c1. The van der Waals surface area contributed by atoms with Gasteiger partial charge < -0.3 is 19.2 Å². The molecule has 0 saturated heterocycles. The van der Waals surface area contributed by atoms with Crippen LogP contribution in [0.25, 0.3) is 11.0 Å². The number of benzene rings is 2. The predicted octanol–water partition coefficient (Wildman–Crippen LogP) is 2.92. The van der Waals surface area contributed by atoms with Gasteiger partial charge in [0.15, 0.2) is 11.5 Å². The van der Waals surface area contributed by atoms with Crippen molar-refractivity contribution in [3.63, 3.8) is 0 Å². The monoisotopic (exact) mass is 374 g/mol. The van der Waals surface area contributed by atoms with E-state index in [0.29, 0.717) is 11.0 Å². The summed E-state index contributed by atoms with van der Waals surface area (Å²) in [6.07, 6.45) is -3.72. The number of aromatic nitrogens is 2. The molecule has 1 amide bonds. The van der Waals surface area contributed by atoms with E-state index in [-0.39, 0.29) is 28.6 Å². The first-order chi connectivity index (χ1) is 12.8. The molecule has 8 nitrogen and oxygen atoms in total. The third kappa shape index (κ3) is 3.12. The van der Waals surface area contributed by atoms with Gasteiger partial charge in [-0.2, -0.15) is 0 Å². The molecule has 2 heterocycles. The van der Waals surface area contributed by atoms with E-state index in [2.05, 4.69) is 29.5 Å². The molecule has 0 saturated carbocycles. The number of imidazole rings is 1. The van der Waals surface area contributed by atoms with Gasteiger partial charge in [-0.25, -0.2) is 9.78 Å². The van der Waals surface area contributed by atoms with Gasteiger partial charge in [0.1, 0.15) is 0 Å². The molecule has 0 unspecified atom stereocenters. The first-order valence-corrected chi connectivity index (χ1v) is 7.64. The van der Waals surface area contributed by atoms with Gasteiger partial charge in [-0.05, 0) is 18.2 Å². The van der Waals surface area contributed by atoms with Gasteiger partial charge in [0.05, 0.1) is 23.7 Å². The van der Waals surface area contributed by atoms with Gasteiger partial charge in [-0.3, -0.25) is 10.1 Å². The number of amides is 1. The van der Waals surface area contributed by atoms with Crippen LogP contribution in [0.3, 0.4) is 0 Å². The summed E-state index contributed by atoms with van der Waals surface area (Å²) in [6.45, 7) is 0. The van der Waals surface area contributed by atoms with Crippen molar-refractivity contribution in [3.8, 4) is 11.5 Å². The molecule has 2 aromatic carbocycles. The number of carbonyl (C=O) groups excluding carboxylic acids is 2. The van der Waals surface area contributed by atoms with Crippen LogP contribution < -0.4 is 14.8 Å². The fraction of sp³-hybridized carbons (Fsp3) is 0.118. The summed E-state index contributed by atoms with van der Waals surface area (Å²) in [6, 6.07) is 8.52. The molecular formula is C17H11F2N3O5. The zero-order chi connectivity index (χ0) is 19.2. The highest BCUT2D eigenvalue weighted by molar-refractivity contribution is 6.05. The summed E-state index contributed by atoms with van der Waals surface area (Å²) >= 11 is 0. The van der Waals surface area contributed by atoms with Crippen molar-refractivity contribution in [2.24, 2.45) is 0 Å². The Morgan fingerprint density at radius 1 is 1.15 bits per heavy atom. The maximum atomic E-state index is 13.1. The van der Waals surface area contributed by atoms with Crippen LogP contribution in [0.1, 0.15) is 20.7 Å². The van der Waals surface area contributed by atoms with Crippen molar-refractivity contribution < 1.29 is 32.6 Å². The number of ether oxygens (including phenoxy) is 3. The number of nitrogens with one attached hydrogen (secondary N) is 2. The smallest absolute Gasteiger partial charge is 0.465 e. The quantitative estimate of drug-likeness (QED) is 0.684. The Balaban J connectivity index is 1.57. The van der Waals surface area contributed by atoms with Crippen LogP contribution in [0.2, 0.25) is 0 Å². The summed E-state index contributed by atoms with van der Waals surface area (Å²) in [5.41, 5.74) is 1.11. The number of aromatic amines is 1. The number of rotatable bonds is 3. The van der Waals surface area contributed by atoms with Gasteiger partial charge in [-0.15, -0.1) is 8.78 Å². The highest BCUT2D eigenvalue weighted by atomic mass is 19.3. The fourth-order valence-electron chi connectivity index (χ4n) is 2.60. The number of anilines is 1. The molecular weight excluding hydrogens is 363 g/mol. The average molecular weight is 374 g/mol. The molecule has 3 aromatic rings. The Hall–Kier alpha value is -3.69. The molecule has 27 heavy (non-hydrogen) atoms. The molecule has 0 fully saturated rings. The lowest BCUT2D eigenvalue weighted by Crippen LogP contribution is -2.25. The Kier molecular flexibility index (Phi) is 3.69. The number of carbonyl (C=O) groups is 2. The summed E-state index contributed by atoms with van der Waals surface area (Å²) in [4.78, 5) is 30.8. The van der Waals surface area contributed by atoms with E-state index < -0.39 is 18.2 Å². The van der Waals surface area contributed by atoms with Crippen LogP contribution in [0, 0.1) is 0 Å². The minimum Gasteiger partial charge on any atom is -0.465 e. The summed E-state index contributed by atoms with van der Waals surface area (Å²) in [7, 11) is 1.24. The van der Waals surface area contributed by atoms with Crippen molar-refractivity contribution in [2.75, 3.05) is 12.4 Å². The Morgan fingerprint density at radius 3 is 2.59 bits per heavy atom. The van der Waals surface area contributed by atoms with Crippen molar-refractivity contribution in [3.05, 3.63) is 47.5 Å². The minimum absolute atomic E-state index is 0.0916. The Bertz CT molecular complexity index is 1030. The fourth-order valence-corrected chi connectivity index (χ4v) is 2.60. The van der Waals surface area contributed by atoms with Gasteiger partial charge in [0.25, 0.3) is 5.91 Å². The van der Waals surface area contributed by atoms with Crippen LogP contribution in [-0.4, -0.2) is 35.2 Å². The number of H-pyrrole nitrogens is 1. The van der Waals surface area contributed by atoms with Crippen molar-refractivity contribution >= 4 is 28.9 Å². The van der Waals surface area contributed by atoms with E-state index >= 15 is 0 Å². The van der Waals surface area contributed by atoms with Crippen LogP contribution >= 0.6 is 0 Å². The van der Waals surface area contributed by atoms with Gasteiger partial charge in [0, 0.05) is 17.7 Å². The first-order valence-electron chi connectivity index (χ1n) is 7.64. The second kappa shape index (κ2) is 5.94. The standard InChI is InChI=1S/C17H11F2N3O5/c1-25-15(24)9-4-2-3-8(5-9)14(23)22-16-20-10-6-12-13(7-11(10)21-16)27-17(18,19)26-12/h2-7H,1H3,(H2,20,21,22,23)/i1-1. The number of nitrogens with zero attached hydrogens (tertiary/aromatic N) is 1. The van der Waals surface area contributed by atoms with Crippen LogP contribution in [0.5, 0.6) is 11.5 Å². The van der Waals surface area contributed by atoms with Gasteiger partial charge in [0.2, 0.25) is 5.95 Å². The number of alkyl halides is 2. The van der Waals surface area contributed by atoms with Crippen molar-refractivity contribution in [1.29, 1.82) is 0 Å². The topological polar surface area (TPSA) is 103 Å². The third-order valence-electron chi connectivity index (χ3n) is 3.78. The number of methoxy groups -OCH3 is 1. The molecule has 1 aromatic heterocycles. The highest BCUT2D eigenvalue weighted by Crippen LogP contribution is 2.42. The highest BCUT2D eigenvalue weighted by Gasteiger charge is 2.43. The van der Waals surface area contributed by atoms with Crippen LogP contribution in [0.4, 0.5) is 14.7 Å². The van der Waals surface area contributed by atoms with Crippen molar-refractivity contribution in [1.82, 2.24) is 9.97 Å². The van der Waals surface area contributed by atoms with E-state index in [1.807, 2.05) is 0 Å². The molecule has 0 spiro atoms. The third-order valence-corrected chi connectivity index (χ3v) is 3.78. The average Bonchev–Trinajstić information content (AvgIpc) is 3.15. The molecule has 0 atom stereocenters. The minimum atomic E-state index is -3.72. The molecule has 1 aliphatic rings. The number of halogens is 2. The van der Waals surface area contributed by atoms with E-state index in [1.165, 1.54) is 37.4 Å². The largest absolute Gasteiger partial charge is 0.586 e. The summed E-state index contributed by atoms with van der Waals surface area (Å²) in [5, 5.41) is 2.54. The maximum Gasteiger partial charge on any atom is 0.586 e. The van der Waals surface area contributed by atoms with Crippen molar-refractivity contribution in [2.45, 2.75) is 6.29 Å². The molecule has 0 bridgehead atoms. The second-order valence-corrected chi connectivity index (χ2v) is 5.60. The predicted molar refractivity (Wildman–Crippen MR) is 88.0 cm³/mol. The van der Waals surface area contributed by atoms with Gasteiger partial charge >= 0.3 is 12.3 Å². The summed E-state index contributed by atoms with van der Waals surface area (Å²) in [5.74, 6) is -1.29. The normalized spacial score (nSPS) is 14.2. The maximum absolute atomic E-state index is 13.1. The van der Waals surface area contributed by atoms with Gasteiger partial charge in [-0.1, -0.05) is 6.07 Å². The molecule has 1 aliphatic heterocycles. The molecule has 0 aliphatic carbocycles. The number of hydrogen-bond donors (Lipinski definition) is 2. The van der Waals surface area contributed by atoms with Crippen LogP contribution in [-0.2, 0) is 4.74 Å². The molecule has 10 heteroatoms. The summed E-state index contributed by atoms with van der Waals surface area (Å²) < 4.78 is 39.5. The Morgan fingerprint density at radius 2 is 1.85 bits per heavy atom. The lowest BCUT2D eigenvalue weighted by Gasteiger charge is -2.04. The number of fused-ring (bicyclic) bond motifs is 2. The van der Waals surface area contributed by atoms with E-state index in [1.54, 1.807) is 6.07 Å². The van der Waals surface area contributed by atoms with Crippen LogP contribution in [0.15, 0.2) is 36.4 Å². The second-order valence-electron chi connectivity index (χ2n) is 5.60. The molecule has 2 N–H and O–H groups in total. The zero-order valence-electron chi connectivity index (χ0n) is 13.7. The molecule has 4 rings (SSSR count). The first kappa shape index (κ1) is 16.8. The van der Waals surface area contributed by atoms with E-state index in [4.69, 9.17) is 0 Å². The zero-order valence-corrected chi connectivity index (χ0v) is 13.7. The number of hydrogen-bond acceptors (Lipinski definition) is 6. The Labute approximate surface area is 150 Å². The lowest BCUT2D eigenvalue weighted by molar-refractivity contribution is -0.286. The van der Waals surface area contributed by atoms with E-state index in [0.717, 1.165) is 0 Å². The van der Waals surface area contributed by atoms with E-state index in [9.17, 15) is 18.4 Å².